The van der Waals surface area contributed by atoms with Crippen molar-refractivity contribution in [3.8, 4) is 11.1 Å². The normalized spacial score (nSPS) is 16.7. The topological polar surface area (TPSA) is 109 Å². The van der Waals surface area contributed by atoms with Crippen molar-refractivity contribution in [1.82, 2.24) is 15.2 Å². The third-order valence-electron chi connectivity index (χ3n) is 3.95. The van der Waals surface area contributed by atoms with Gasteiger partial charge in [0.05, 0.1) is 22.5 Å². The van der Waals surface area contributed by atoms with Crippen LogP contribution in [0.15, 0.2) is 53.9 Å². The highest BCUT2D eigenvalue weighted by molar-refractivity contribution is 6.04. The number of benzene rings is 1. The van der Waals surface area contributed by atoms with Crippen molar-refractivity contribution in [1.29, 1.82) is 0 Å². The van der Waals surface area contributed by atoms with Crippen LogP contribution >= 0.6 is 0 Å². The summed E-state index contributed by atoms with van der Waals surface area (Å²) in [6.45, 7) is 0. The van der Waals surface area contributed by atoms with Gasteiger partial charge in [-0.25, -0.2) is 0 Å². The first-order valence-electron chi connectivity index (χ1n) is 7.37. The Morgan fingerprint density at radius 2 is 2.08 bits per heavy atom. The monoisotopic (exact) mass is 323 g/mol. The fourth-order valence-electron chi connectivity index (χ4n) is 2.72. The number of non-ortho nitro benzene ring substituents is 1. The molecule has 120 valence electrons. The van der Waals surface area contributed by atoms with E-state index in [1.54, 1.807) is 18.3 Å². The minimum absolute atomic E-state index is 0.0529. The molecule has 2 aromatic heterocycles. The highest BCUT2D eigenvalue weighted by Gasteiger charge is 2.27. The molecule has 0 bridgehead atoms. The predicted octanol–water partition coefficient (Wildman–Crippen LogP) is 3.18. The van der Waals surface area contributed by atoms with E-state index >= 15 is 0 Å². The molecule has 1 unspecified atom stereocenters. The summed E-state index contributed by atoms with van der Waals surface area (Å²) >= 11 is 0. The minimum Gasteiger partial charge on any atom is -0.385 e. The Labute approximate surface area is 136 Å². The zero-order chi connectivity index (χ0) is 16.5. The number of nitro groups is 1. The number of oxime groups is 1. The highest BCUT2D eigenvalue weighted by Crippen LogP contribution is 2.32. The zero-order valence-electron chi connectivity index (χ0n) is 12.5. The van der Waals surface area contributed by atoms with Crippen molar-refractivity contribution in [3.05, 3.63) is 70.3 Å². The molecule has 1 aliphatic rings. The standard InChI is InChI=1S/C16H13N5O3/c22-21(23)11-5-3-10(4-6-11)12-9-18-19-16(12)14-8-15(24-20-14)13-2-1-7-17-13/h1-7,9,15,17H,8H2,(H,18,19). The Hall–Kier alpha value is -3.42. The lowest BCUT2D eigenvalue weighted by Crippen LogP contribution is -2.03. The van der Waals surface area contributed by atoms with Gasteiger partial charge in [0, 0.05) is 30.3 Å². The van der Waals surface area contributed by atoms with Crippen molar-refractivity contribution < 1.29 is 9.76 Å². The summed E-state index contributed by atoms with van der Waals surface area (Å²) in [6, 6.07) is 10.2. The zero-order valence-corrected chi connectivity index (χ0v) is 12.5. The van der Waals surface area contributed by atoms with E-state index in [4.69, 9.17) is 4.84 Å². The van der Waals surface area contributed by atoms with Gasteiger partial charge in [0.15, 0.2) is 6.10 Å². The molecule has 0 fully saturated rings. The van der Waals surface area contributed by atoms with E-state index in [0.717, 1.165) is 28.2 Å². The maximum Gasteiger partial charge on any atom is 0.269 e. The maximum atomic E-state index is 10.8. The Morgan fingerprint density at radius 1 is 1.25 bits per heavy atom. The molecule has 1 atom stereocenters. The molecule has 0 saturated carbocycles. The predicted molar refractivity (Wildman–Crippen MR) is 86.5 cm³/mol. The molecular weight excluding hydrogens is 310 g/mol. The van der Waals surface area contributed by atoms with Gasteiger partial charge >= 0.3 is 0 Å². The second-order valence-electron chi connectivity index (χ2n) is 5.42. The van der Waals surface area contributed by atoms with E-state index in [0.29, 0.717) is 6.42 Å². The smallest absolute Gasteiger partial charge is 0.269 e. The van der Waals surface area contributed by atoms with E-state index in [9.17, 15) is 10.1 Å². The number of nitrogens with zero attached hydrogens (tertiary/aromatic N) is 3. The summed E-state index contributed by atoms with van der Waals surface area (Å²) in [6.07, 6.45) is 3.99. The summed E-state index contributed by atoms with van der Waals surface area (Å²) in [5.41, 5.74) is 4.20. The molecule has 2 N–H and O–H groups in total. The first-order chi connectivity index (χ1) is 11.7. The van der Waals surface area contributed by atoms with Gasteiger partial charge in [0.2, 0.25) is 0 Å². The number of hydrogen-bond acceptors (Lipinski definition) is 5. The van der Waals surface area contributed by atoms with Gasteiger partial charge in [0.1, 0.15) is 5.71 Å². The molecule has 0 spiro atoms. The van der Waals surface area contributed by atoms with Gasteiger partial charge in [-0.2, -0.15) is 5.10 Å². The highest BCUT2D eigenvalue weighted by atomic mass is 16.6. The van der Waals surface area contributed by atoms with Crippen LogP contribution in [0.1, 0.15) is 23.9 Å². The summed E-state index contributed by atoms with van der Waals surface area (Å²) < 4.78 is 0. The van der Waals surface area contributed by atoms with Crippen LogP contribution in [0.2, 0.25) is 0 Å². The Kier molecular flexibility index (Phi) is 3.34. The molecule has 24 heavy (non-hydrogen) atoms. The molecule has 1 aliphatic heterocycles. The molecule has 8 heteroatoms. The number of nitrogens with one attached hydrogen (secondary N) is 2. The fourth-order valence-corrected chi connectivity index (χ4v) is 2.72. The van der Waals surface area contributed by atoms with Crippen LogP contribution in [0.3, 0.4) is 0 Å². The molecule has 4 rings (SSSR count). The Bertz CT molecular complexity index is 896. The Morgan fingerprint density at radius 3 is 2.79 bits per heavy atom. The van der Waals surface area contributed by atoms with E-state index in [-0.39, 0.29) is 11.8 Å². The van der Waals surface area contributed by atoms with Gasteiger partial charge < -0.3 is 9.82 Å². The van der Waals surface area contributed by atoms with Crippen molar-refractivity contribution in [2.45, 2.75) is 12.5 Å². The maximum absolute atomic E-state index is 10.8. The summed E-state index contributed by atoms with van der Waals surface area (Å²) in [4.78, 5) is 19.0. The molecular formula is C16H13N5O3. The van der Waals surface area contributed by atoms with Gasteiger partial charge in [-0.1, -0.05) is 5.16 Å². The van der Waals surface area contributed by atoms with Gasteiger partial charge in [0.25, 0.3) is 5.69 Å². The molecule has 0 aliphatic carbocycles. The second kappa shape index (κ2) is 5.65. The molecule has 3 heterocycles. The van der Waals surface area contributed by atoms with Crippen LogP contribution in [-0.2, 0) is 4.84 Å². The van der Waals surface area contributed by atoms with Gasteiger partial charge in [-0.3, -0.25) is 15.2 Å². The van der Waals surface area contributed by atoms with Crippen molar-refractivity contribution in [2.75, 3.05) is 0 Å². The summed E-state index contributed by atoms with van der Waals surface area (Å²) in [5, 5.41) is 22.0. The van der Waals surface area contributed by atoms with Crippen LogP contribution in [0.4, 0.5) is 5.69 Å². The lowest BCUT2D eigenvalue weighted by atomic mass is 10.0. The van der Waals surface area contributed by atoms with E-state index in [1.807, 2.05) is 18.3 Å². The lowest BCUT2D eigenvalue weighted by Gasteiger charge is -2.05. The molecule has 3 aromatic rings. The fraction of sp³-hybridized carbons (Fsp3) is 0.125. The quantitative estimate of drug-likeness (QED) is 0.567. The molecule has 0 saturated heterocycles. The lowest BCUT2D eigenvalue weighted by molar-refractivity contribution is -0.384. The molecule has 0 amide bonds. The number of H-pyrrole nitrogens is 2. The van der Waals surface area contributed by atoms with Crippen molar-refractivity contribution in [2.24, 2.45) is 5.16 Å². The number of nitro benzene ring substituents is 1. The average molecular weight is 323 g/mol. The van der Waals surface area contributed by atoms with Crippen molar-refractivity contribution >= 4 is 11.4 Å². The second-order valence-corrected chi connectivity index (χ2v) is 5.42. The minimum atomic E-state index is -0.421. The number of rotatable bonds is 4. The third kappa shape index (κ3) is 2.43. The molecule has 0 radical (unpaired) electrons. The first-order valence-corrected chi connectivity index (χ1v) is 7.37. The number of aromatic amines is 2. The number of hydrogen-bond donors (Lipinski definition) is 2. The molecule has 8 nitrogen and oxygen atoms in total. The van der Waals surface area contributed by atoms with Gasteiger partial charge in [-0.15, -0.1) is 0 Å². The van der Waals surface area contributed by atoms with Crippen LogP contribution < -0.4 is 0 Å². The third-order valence-corrected chi connectivity index (χ3v) is 3.95. The largest absolute Gasteiger partial charge is 0.385 e. The average Bonchev–Trinajstić information content (AvgIpc) is 3.33. The van der Waals surface area contributed by atoms with E-state index in [1.165, 1.54) is 12.1 Å². The van der Waals surface area contributed by atoms with Crippen LogP contribution in [0.25, 0.3) is 11.1 Å². The summed E-state index contributed by atoms with van der Waals surface area (Å²) in [5.74, 6) is 0. The van der Waals surface area contributed by atoms with E-state index < -0.39 is 4.92 Å². The number of aromatic nitrogens is 3. The van der Waals surface area contributed by atoms with Crippen molar-refractivity contribution in [3.63, 3.8) is 0 Å². The van der Waals surface area contributed by atoms with E-state index in [2.05, 4.69) is 20.3 Å². The van der Waals surface area contributed by atoms with Crippen LogP contribution in [0, 0.1) is 10.1 Å². The van der Waals surface area contributed by atoms with Crippen LogP contribution in [0.5, 0.6) is 0 Å². The van der Waals surface area contributed by atoms with Crippen LogP contribution in [-0.4, -0.2) is 25.8 Å². The van der Waals surface area contributed by atoms with Gasteiger partial charge in [-0.05, 0) is 29.8 Å². The first kappa shape index (κ1) is 14.2. The summed E-state index contributed by atoms with van der Waals surface area (Å²) in [7, 11) is 0. The molecule has 1 aromatic carbocycles. The SMILES string of the molecule is O=[N+]([O-])c1ccc(-c2cn[nH]c2C2=NOC(c3ccc[nH]3)C2)cc1. The Balaban J connectivity index is 1.60.